The zero-order valence-corrected chi connectivity index (χ0v) is 18.6. The zero-order chi connectivity index (χ0) is 23.8. The Morgan fingerprint density at radius 2 is 1.41 bits per heavy atom. The first-order valence-electron chi connectivity index (χ1n) is 11.1. The number of imide groups is 1. The van der Waals surface area contributed by atoms with Crippen LogP contribution in [-0.2, 0) is 30.0 Å². The van der Waals surface area contributed by atoms with Gasteiger partial charge in [0.15, 0.2) is 0 Å². The van der Waals surface area contributed by atoms with E-state index in [1.165, 1.54) is 13.2 Å². The van der Waals surface area contributed by atoms with Gasteiger partial charge < -0.3 is 9.53 Å². The van der Waals surface area contributed by atoms with Gasteiger partial charge >= 0.3 is 5.97 Å². The summed E-state index contributed by atoms with van der Waals surface area (Å²) in [6.07, 6.45) is 0.848. The molecule has 3 aromatic rings. The lowest BCUT2D eigenvalue weighted by atomic mass is 9.42. The molecule has 0 unspecified atom stereocenters. The van der Waals surface area contributed by atoms with Crippen molar-refractivity contribution in [1.82, 2.24) is 0 Å². The fourth-order valence-corrected chi connectivity index (χ4v) is 6.61. The number of carbonyl (C=O) groups excluding carboxylic acids is 4. The number of nitrogens with zero attached hydrogens (tertiary/aromatic N) is 1. The van der Waals surface area contributed by atoms with Gasteiger partial charge in [-0.15, -0.1) is 0 Å². The summed E-state index contributed by atoms with van der Waals surface area (Å²) in [6, 6.07) is 21.5. The van der Waals surface area contributed by atoms with Gasteiger partial charge in [0.2, 0.25) is 11.8 Å². The summed E-state index contributed by atoms with van der Waals surface area (Å²) < 4.78 is 4.81. The fourth-order valence-electron chi connectivity index (χ4n) is 6.61. The Labute approximate surface area is 196 Å². The normalized spacial score (nSPS) is 28.2. The quantitative estimate of drug-likeness (QED) is 0.346. The van der Waals surface area contributed by atoms with Gasteiger partial charge in [-0.05, 0) is 40.5 Å². The molecule has 0 N–H and O–H groups in total. The van der Waals surface area contributed by atoms with Crippen LogP contribution in [0.15, 0.2) is 72.8 Å². The second-order valence-electron chi connectivity index (χ2n) is 9.29. The maximum absolute atomic E-state index is 14.0. The Morgan fingerprint density at radius 3 is 1.97 bits per heavy atom. The van der Waals surface area contributed by atoms with Crippen molar-refractivity contribution in [3.63, 3.8) is 0 Å². The van der Waals surface area contributed by atoms with E-state index in [1.807, 2.05) is 55.5 Å². The van der Waals surface area contributed by atoms with Crippen LogP contribution in [0.1, 0.15) is 39.5 Å². The number of methoxy groups -OCH3 is 1. The highest BCUT2D eigenvalue weighted by Gasteiger charge is 2.72. The number of ether oxygens (including phenoxy) is 1. The van der Waals surface area contributed by atoms with Gasteiger partial charge in [0.25, 0.3) is 0 Å². The van der Waals surface area contributed by atoms with Crippen LogP contribution in [-0.4, -0.2) is 31.2 Å². The number of amides is 2. The number of hydrogen-bond acceptors (Lipinski definition) is 5. The topological polar surface area (TPSA) is 80.8 Å². The SMILES string of the molecule is COC(=O)c1cccc(N2C(=O)[C@H]3[C@H](C2=O)C2(C=O)c4ccccc4C3(C)c3ccccc32)c1. The molecule has 0 radical (unpaired) electrons. The second-order valence-corrected chi connectivity index (χ2v) is 9.29. The van der Waals surface area contributed by atoms with E-state index < -0.39 is 34.5 Å². The number of benzene rings is 3. The second kappa shape index (κ2) is 6.73. The molecule has 34 heavy (non-hydrogen) atoms. The molecule has 6 nitrogen and oxygen atoms in total. The van der Waals surface area contributed by atoms with Crippen LogP contribution in [0, 0.1) is 11.8 Å². The molecular weight excluding hydrogens is 430 g/mol. The van der Waals surface area contributed by atoms with E-state index >= 15 is 0 Å². The largest absolute Gasteiger partial charge is 0.465 e. The van der Waals surface area contributed by atoms with Gasteiger partial charge in [-0.3, -0.25) is 9.59 Å². The van der Waals surface area contributed by atoms with E-state index in [4.69, 9.17) is 4.74 Å². The van der Waals surface area contributed by atoms with E-state index in [9.17, 15) is 19.2 Å². The Bertz CT molecular complexity index is 1380. The molecule has 0 aromatic heterocycles. The third kappa shape index (κ3) is 2.16. The number of hydrogen-bond donors (Lipinski definition) is 0. The molecule has 3 aromatic carbocycles. The van der Waals surface area contributed by atoms with Crippen LogP contribution in [0.2, 0.25) is 0 Å². The van der Waals surface area contributed by atoms with E-state index in [1.54, 1.807) is 18.2 Å². The van der Waals surface area contributed by atoms with Crippen LogP contribution >= 0.6 is 0 Å². The first-order chi connectivity index (χ1) is 16.4. The molecule has 168 valence electrons. The predicted octanol–water partition coefficient (Wildman–Crippen LogP) is 3.40. The Kier molecular flexibility index (Phi) is 4.07. The Hall–Kier alpha value is -4.06. The molecule has 1 heterocycles. The Morgan fingerprint density at radius 1 is 0.853 bits per heavy atom. The third-order valence-corrected chi connectivity index (χ3v) is 7.99. The molecule has 7 rings (SSSR count). The molecule has 2 amide bonds. The zero-order valence-electron chi connectivity index (χ0n) is 18.6. The van der Waals surface area contributed by atoms with Gasteiger partial charge in [0, 0.05) is 5.41 Å². The van der Waals surface area contributed by atoms with Gasteiger partial charge in [-0.2, -0.15) is 0 Å². The van der Waals surface area contributed by atoms with Crippen molar-refractivity contribution in [3.8, 4) is 0 Å². The number of carbonyl (C=O) groups is 4. The summed E-state index contributed by atoms with van der Waals surface area (Å²) in [7, 11) is 1.27. The maximum Gasteiger partial charge on any atom is 0.337 e. The molecule has 6 heteroatoms. The minimum Gasteiger partial charge on any atom is -0.465 e. The molecule has 1 aliphatic heterocycles. The van der Waals surface area contributed by atoms with E-state index in [0.29, 0.717) is 5.69 Å². The van der Waals surface area contributed by atoms with Crippen molar-refractivity contribution in [2.75, 3.05) is 12.0 Å². The summed E-state index contributed by atoms with van der Waals surface area (Å²) in [5.74, 6) is -2.99. The number of esters is 1. The number of anilines is 1. The fraction of sp³-hybridized carbons (Fsp3) is 0.214. The molecular formula is C28H21NO5. The molecule has 4 aliphatic rings. The van der Waals surface area contributed by atoms with Crippen molar-refractivity contribution in [3.05, 3.63) is 101 Å². The first kappa shape index (κ1) is 20.5. The van der Waals surface area contributed by atoms with Gasteiger partial charge in [0.1, 0.15) is 6.29 Å². The van der Waals surface area contributed by atoms with Crippen LogP contribution in [0.5, 0.6) is 0 Å². The van der Waals surface area contributed by atoms with Gasteiger partial charge in [-0.25, -0.2) is 9.69 Å². The highest BCUT2D eigenvalue weighted by molar-refractivity contribution is 6.25. The van der Waals surface area contributed by atoms with Crippen molar-refractivity contribution in [2.45, 2.75) is 17.8 Å². The molecule has 2 bridgehead atoms. The Balaban J connectivity index is 1.62. The van der Waals surface area contributed by atoms with E-state index in [-0.39, 0.29) is 11.5 Å². The molecule has 3 aliphatic carbocycles. The number of aldehydes is 1. The average Bonchev–Trinajstić information content (AvgIpc) is 3.16. The highest BCUT2D eigenvalue weighted by Crippen LogP contribution is 2.66. The van der Waals surface area contributed by atoms with Gasteiger partial charge in [-0.1, -0.05) is 61.5 Å². The lowest BCUT2D eigenvalue weighted by Crippen LogP contribution is -2.61. The maximum atomic E-state index is 14.0. The van der Waals surface area contributed by atoms with Crippen molar-refractivity contribution in [1.29, 1.82) is 0 Å². The summed E-state index contributed by atoms with van der Waals surface area (Å²) in [5, 5.41) is 0. The third-order valence-electron chi connectivity index (χ3n) is 7.99. The molecule has 1 fully saturated rings. The lowest BCUT2D eigenvalue weighted by Gasteiger charge is -2.56. The summed E-state index contributed by atoms with van der Waals surface area (Å²) in [5.41, 5.74) is 1.83. The average molecular weight is 451 g/mol. The highest BCUT2D eigenvalue weighted by atomic mass is 16.5. The summed E-state index contributed by atoms with van der Waals surface area (Å²) in [6.45, 7) is 2.00. The van der Waals surface area contributed by atoms with Crippen LogP contribution in [0.3, 0.4) is 0 Å². The minimum atomic E-state index is -1.27. The minimum absolute atomic E-state index is 0.237. The molecule has 0 saturated carbocycles. The van der Waals surface area contributed by atoms with E-state index in [2.05, 4.69) is 0 Å². The molecule has 1 saturated heterocycles. The lowest BCUT2D eigenvalue weighted by molar-refractivity contribution is -0.129. The molecule has 0 spiro atoms. The first-order valence-corrected chi connectivity index (χ1v) is 11.1. The standard InChI is InChI=1S/C28H21NO5/c1-27-18-10-3-5-12-20(18)28(15-30,21-13-6-4-11-19(21)27)23-22(27)24(31)29(25(23)32)17-9-7-8-16(14-17)26(33)34-2/h3-15,22-23H,1-2H3/t22-,23-,27?,28?/m1/s1. The van der Waals surface area contributed by atoms with Gasteiger partial charge in [0.05, 0.1) is 35.6 Å². The molecule has 2 atom stereocenters. The van der Waals surface area contributed by atoms with Crippen LogP contribution in [0.4, 0.5) is 5.69 Å². The smallest absolute Gasteiger partial charge is 0.337 e. The van der Waals surface area contributed by atoms with Crippen LogP contribution < -0.4 is 4.90 Å². The summed E-state index contributed by atoms with van der Waals surface area (Å²) >= 11 is 0. The predicted molar refractivity (Wildman–Crippen MR) is 123 cm³/mol. The summed E-state index contributed by atoms with van der Waals surface area (Å²) in [4.78, 5) is 54.4. The monoisotopic (exact) mass is 451 g/mol. The van der Waals surface area contributed by atoms with Crippen molar-refractivity contribution >= 4 is 29.8 Å². The van der Waals surface area contributed by atoms with Crippen molar-refractivity contribution in [2.24, 2.45) is 11.8 Å². The van der Waals surface area contributed by atoms with E-state index in [0.717, 1.165) is 33.4 Å². The van der Waals surface area contributed by atoms with Crippen LogP contribution in [0.25, 0.3) is 0 Å². The van der Waals surface area contributed by atoms with Crippen molar-refractivity contribution < 1.29 is 23.9 Å². The number of rotatable bonds is 3.